The van der Waals surface area contributed by atoms with Gasteiger partial charge in [0.1, 0.15) is 0 Å². The normalized spacial score (nSPS) is 14.9. The molecule has 0 radical (unpaired) electrons. The topological polar surface area (TPSA) is 58.4 Å². The number of likely N-dealkylation sites (N-methyl/N-ethyl adjacent to an activating group) is 1. The summed E-state index contributed by atoms with van der Waals surface area (Å²) in [6.45, 7) is 9.97. The van der Waals surface area contributed by atoms with Crippen molar-refractivity contribution in [3.8, 4) is 0 Å². The summed E-state index contributed by atoms with van der Waals surface area (Å²) in [5, 5.41) is 2.91. The van der Waals surface area contributed by atoms with Crippen LogP contribution in [-0.4, -0.2) is 43.0 Å². The van der Waals surface area contributed by atoms with E-state index in [0.717, 1.165) is 19.4 Å². The Bertz CT molecular complexity index is 231. The molecule has 4 heteroatoms. The van der Waals surface area contributed by atoms with Gasteiger partial charge in [-0.25, -0.2) is 0 Å². The molecule has 2 atom stereocenters. The van der Waals surface area contributed by atoms with Gasteiger partial charge in [-0.1, -0.05) is 20.8 Å². The fourth-order valence-corrected chi connectivity index (χ4v) is 2.15. The first-order valence-electron chi connectivity index (χ1n) is 7.11. The number of nitrogens with zero attached hydrogens (tertiary/aromatic N) is 1. The number of nitrogens with one attached hydrogen (secondary N) is 1. The molecule has 18 heavy (non-hydrogen) atoms. The molecule has 2 unspecified atom stereocenters. The fraction of sp³-hybridized carbons (Fsp3) is 0.929. The van der Waals surface area contributed by atoms with Crippen molar-refractivity contribution < 1.29 is 4.79 Å². The third-order valence-electron chi connectivity index (χ3n) is 3.35. The Hall–Kier alpha value is -0.610. The van der Waals surface area contributed by atoms with Crippen molar-refractivity contribution in [2.45, 2.75) is 59.0 Å². The van der Waals surface area contributed by atoms with Crippen LogP contribution in [0.1, 0.15) is 47.0 Å². The number of amides is 1. The van der Waals surface area contributed by atoms with E-state index in [-0.39, 0.29) is 11.9 Å². The number of hydrogen-bond donors (Lipinski definition) is 2. The zero-order chi connectivity index (χ0) is 14.1. The van der Waals surface area contributed by atoms with Gasteiger partial charge in [-0.3, -0.25) is 9.69 Å². The Morgan fingerprint density at radius 1 is 1.33 bits per heavy atom. The SMILES string of the molecule is CCCNC(=O)CC(CN)N(C)C(C)CC(C)C. The first kappa shape index (κ1) is 17.4. The standard InChI is InChI=1S/C14H31N3O/c1-6-7-16-14(18)9-13(10-15)17(5)12(4)8-11(2)3/h11-13H,6-10,15H2,1-5H3,(H,16,18). The Kier molecular flexibility index (Phi) is 9.02. The number of hydrogen-bond acceptors (Lipinski definition) is 3. The van der Waals surface area contributed by atoms with Crippen molar-refractivity contribution in [1.82, 2.24) is 10.2 Å². The summed E-state index contributed by atoms with van der Waals surface area (Å²) >= 11 is 0. The van der Waals surface area contributed by atoms with Crippen molar-refractivity contribution >= 4 is 5.91 Å². The zero-order valence-corrected chi connectivity index (χ0v) is 12.7. The van der Waals surface area contributed by atoms with E-state index in [4.69, 9.17) is 5.73 Å². The van der Waals surface area contributed by atoms with Gasteiger partial charge >= 0.3 is 0 Å². The van der Waals surface area contributed by atoms with Crippen molar-refractivity contribution in [2.24, 2.45) is 11.7 Å². The van der Waals surface area contributed by atoms with Crippen molar-refractivity contribution in [2.75, 3.05) is 20.1 Å². The minimum atomic E-state index is 0.107. The number of rotatable bonds is 9. The predicted octanol–water partition coefficient (Wildman–Crippen LogP) is 1.60. The first-order valence-corrected chi connectivity index (χ1v) is 7.11. The minimum Gasteiger partial charge on any atom is -0.356 e. The van der Waals surface area contributed by atoms with E-state index in [1.807, 2.05) is 0 Å². The molecule has 0 saturated carbocycles. The molecule has 0 saturated heterocycles. The van der Waals surface area contributed by atoms with Gasteiger partial charge in [0.25, 0.3) is 0 Å². The Morgan fingerprint density at radius 3 is 2.39 bits per heavy atom. The van der Waals surface area contributed by atoms with Crippen LogP contribution in [0, 0.1) is 5.92 Å². The van der Waals surface area contributed by atoms with Crippen LogP contribution in [-0.2, 0) is 4.79 Å². The van der Waals surface area contributed by atoms with E-state index < -0.39 is 0 Å². The molecule has 0 fully saturated rings. The second-order valence-corrected chi connectivity index (χ2v) is 5.59. The number of carbonyl (C=O) groups is 1. The molecule has 0 aliphatic rings. The first-order chi connectivity index (χ1) is 8.42. The lowest BCUT2D eigenvalue weighted by molar-refractivity contribution is -0.122. The minimum absolute atomic E-state index is 0.107. The highest BCUT2D eigenvalue weighted by atomic mass is 16.1. The molecule has 4 nitrogen and oxygen atoms in total. The van der Waals surface area contributed by atoms with Crippen LogP contribution in [0.15, 0.2) is 0 Å². The lowest BCUT2D eigenvalue weighted by Gasteiger charge is -2.33. The Balaban J connectivity index is 4.25. The summed E-state index contributed by atoms with van der Waals surface area (Å²) in [6.07, 6.45) is 2.59. The summed E-state index contributed by atoms with van der Waals surface area (Å²) in [6, 6.07) is 0.591. The van der Waals surface area contributed by atoms with E-state index in [9.17, 15) is 4.79 Å². The summed E-state index contributed by atoms with van der Waals surface area (Å²) in [7, 11) is 2.07. The maximum Gasteiger partial charge on any atom is 0.221 e. The molecule has 0 aliphatic heterocycles. The molecule has 0 rings (SSSR count). The molecule has 0 aromatic carbocycles. The van der Waals surface area contributed by atoms with Crippen LogP contribution in [0.25, 0.3) is 0 Å². The van der Waals surface area contributed by atoms with Crippen LogP contribution < -0.4 is 11.1 Å². The quantitative estimate of drug-likeness (QED) is 0.659. The van der Waals surface area contributed by atoms with Crippen molar-refractivity contribution in [3.63, 3.8) is 0 Å². The largest absolute Gasteiger partial charge is 0.356 e. The molecule has 1 amide bonds. The van der Waals surface area contributed by atoms with Gasteiger partial charge < -0.3 is 11.1 Å². The van der Waals surface area contributed by atoms with E-state index in [1.165, 1.54) is 0 Å². The highest BCUT2D eigenvalue weighted by Crippen LogP contribution is 2.13. The van der Waals surface area contributed by atoms with E-state index in [1.54, 1.807) is 0 Å². The van der Waals surface area contributed by atoms with Crippen molar-refractivity contribution in [1.29, 1.82) is 0 Å². The second-order valence-electron chi connectivity index (χ2n) is 5.59. The summed E-state index contributed by atoms with van der Waals surface area (Å²) in [5.74, 6) is 0.769. The molecule has 0 aromatic rings. The number of carbonyl (C=O) groups excluding carboxylic acids is 1. The third-order valence-corrected chi connectivity index (χ3v) is 3.35. The lowest BCUT2D eigenvalue weighted by Crippen LogP contribution is -2.46. The van der Waals surface area contributed by atoms with Crippen LogP contribution in [0.5, 0.6) is 0 Å². The van der Waals surface area contributed by atoms with E-state index >= 15 is 0 Å². The molecular formula is C14H31N3O. The van der Waals surface area contributed by atoms with Gasteiger partial charge in [-0.2, -0.15) is 0 Å². The van der Waals surface area contributed by atoms with Gasteiger partial charge in [0.15, 0.2) is 0 Å². The summed E-state index contributed by atoms with van der Waals surface area (Å²) in [5.41, 5.74) is 5.80. The van der Waals surface area contributed by atoms with Gasteiger partial charge in [0.2, 0.25) is 5.91 Å². The van der Waals surface area contributed by atoms with Gasteiger partial charge in [-0.05, 0) is 32.7 Å². The monoisotopic (exact) mass is 257 g/mol. The second kappa shape index (κ2) is 9.34. The number of nitrogens with two attached hydrogens (primary N) is 1. The zero-order valence-electron chi connectivity index (χ0n) is 12.7. The molecule has 0 aliphatic carbocycles. The van der Waals surface area contributed by atoms with Crippen molar-refractivity contribution in [3.05, 3.63) is 0 Å². The van der Waals surface area contributed by atoms with Gasteiger partial charge in [0, 0.05) is 31.6 Å². The van der Waals surface area contributed by atoms with Crippen LogP contribution in [0.3, 0.4) is 0 Å². The maximum absolute atomic E-state index is 11.7. The van der Waals surface area contributed by atoms with Crippen LogP contribution in [0.2, 0.25) is 0 Å². The van der Waals surface area contributed by atoms with Crippen LogP contribution in [0.4, 0.5) is 0 Å². The highest BCUT2D eigenvalue weighted by molar-refractivity contribution is 5.76. The predicted molar refractivity (Wildman–Crippen MR) is 77.4 cm³/mol. The molecule has 3 N–H and O–H groups in total. The Labute approximate surface area is 112 Å². The average Bonchev–Trinajstić information content (AvgIpc) is 2.31. The lowest BCUT2D eigenvalue weighted by atomic mass is 10.0. The average molecular weight is 257 g/mol. The summed E-state index contributed by atoms with van der Waals surface area (Å²) < 4.78 is 0. The molecule has 0 aromatic heterocycles. The van der Waals surface area contributed by atoms with E-state index in [2.05, 4.69) is 45.0 Å². The molecule has 0 bridgehead atoms. The molecule has 0 spiro atoms. The highest BCUT2D eigenvalue weighted by Gasteiger charge is 2.21. The molecule has 0 heterocycles. The maximum atomic E-state index is 11.7. The van der Waals surface area contributed by atoms with E-state index in [0.29, 0.717) is 24.9 Å². The van der Waals surface area contributed by atoms with Gasteiger partial charge in [-0.15, -0.1) is 0 Å². The smallest absolute Gasteiger partial charge is 0.221 e. The van der Waals surface area contributed by atoms with Gasteiger partial charge in [0.05, 0.1) is 0 Å². The third kappa shape index (κ3) is 6.97. The fourth-order valence-electron chi connectivity index (χ4n) is 2.15. The molecule has 108 valence electrons. The molecular weight excluding hydrogens is 226 g/mol. The van der Waals surface area contributed by atoms with Crippen LogP contribution >= 0.6 is 0 Å². The Morgan fingerprint density at radius 2 is 1.94 bits per heavy atom. The summed E-state index contributed by atoms with van der Waals surface area (Å²) in [4.78, 5) is 14.0.